The molecule has 0 aliphatic heterocycles. The summed E-state index contributed by atoms with van der Waals surface area (Å²) < 4.78 is 6.53. The molecule has 4 nitrogen and oxygen atoms in total. The van der Waals surface area contributed by atoms with Gasteiger partial charge in [0.1, 0.15) is 11.3 Å². The van der Waals surface area contributed by atoms with E-state index >= 15 is 0 Å². The molecule has 29 heavy (non-hydrogen) atoms. The van der Waals surface area contributed by atoms with Crippen LogP contribution in [0, 0.1) is 6.92 Å². The zero-order chi connectivity index (χ0) is 20.5. The number of ether oxygens (including phenoxy) is 1. The van der Waals surface area contributed by atoms with E-state index < -0.39 is 0 Å². The first-order valence-electron chi connectivity index (χ1n) is 9.68. The van der Waals surface area contributed by atoms with E-state index in [0.717, 1.165) is 68.2 Å². The van der Waals surface area contributed by atoms with Crippen LogP contribution < -0.4 is 10.5 Å². The highest BCUT2D eigenvalue weighted by atomic mass is 79.9. The summed E-state index contributed by atoms with van der Waals surface area (Å²) in [6.07, 6.45) is 2.93. The number of halogens is 2. The van der Waals surface area contributed by atoms with Gasteiger partial charge in [-0.15, -0.1) is 0 Å². The number of fused-ring (bicyclic) bond motifs is 2. The second kappa shape index (κ2) is 8.34. The van der Waals surface area contributed by atoms with Gasteiger partial charge in [-0.2, -0.15) is 0 Å². The summed E-state index contributed by atoms with van der Waals surface area (Å²) in [6, 6.07) is 12.3. The number of aromatic nitrogens is 2. The second-order valence-corrected chi connectivity index (χ2v) is 8.52. The number of pyridine rings is 1. The molecule has 0 unspecified atom stereocenters. The molecule has 0 saturated carbocycles. The molecule has 0 bridgehead atoms. The molecule has 0 saturated heterocycles. The Morgan fingerprint density at radius 2 is 1.97 bits per heavy atom. The number of H-pyrrole nitrogens is 1. The van der Waals surface area contributed by atoms with Crippen LogP contribution in [0.25, 0.3) is 33.1 Å². The molecule has 4 aromatic rings. The fraction of sp³-hybridized carbons (Fsp3) is 0.261. The largest absolute Gasteiger partial charge is 0.494 e. The highest BCUT2D eigenvalue weighted by molar-refractivity contribution is 9.10. The Hall–Kier alpha value is -2.08. The maximum Gasteiger partial charge on any atom is 0.145 e. The molecule has 4 rings (SSSR count). The molecule has 2 heterocycles. The lowest BCUT2D eigenvalue weighted by Gasteiger charge is -2.12. The number of benzene rings is 2. The van der Waals surface area contributed by atoms with Crippen LogP contribution in [0.4, 0.5) is 0 Å². The van der Waals surface area contributed by atoms with E-state index in [1.807, 2.05) is 25.1 Å². The Morgan fingerprint density at radius 1 is 1.14 bits per heavy atom. The predicted octanol–water partition coefficient (Wildman–Crippen LogP) is 6.40. The van der Waals surface area contributed by atoms with Crippen molar-refractivity contribution in [1.29, 1.82) is 0 Å². The van der Waals surface area contributed by atoms with Gasteiger partial charge in [-0.05, 0) is 68.6 Å². The zero-order valence-electron chi connectivity index (χ0n) is 16.5. The van der Waals surface area contributed by atoms with E-state index in [9.17, 15) is 0 Å². The van der Waals surface area contributed by atoms with Gasteiger partial charge in [0, 0.05) is 26.5 Å². The Labute approximate surface area is 183 Å². The van der Waals surface area contributed by atoms with Gasteiger partial charge in [0.25, 0.3) is 0 Å². The first-order valence-corrected chi connectivity index (χ1v) is 10.8. The number of rotatable bonds is 6. The number of methoxy groups -OCH3 is 1. The maximum atomic E-state index is 6.57. The number of unbranched alkanes of at least 4 members (excludes halogenated alkanes) is 1. The van der Waals surface area contributed by atoms with Crippen molar-refractivity contribution in [3.8, 4) is 17.0 Å². The fourth-order valence-electron chi connectivity index (χ4n) is 3.88. The molecule has 0 spiro atoms. The highest BCUT2D eigenvalue weighted by Crippen LogP contribution is 2.40. The summed E-state index contributed by atoms with van der Waals surface area (Å²) in [6.45, 7) is 2.68. The van der Waals surface area contributed by atoms with Crippen LogP contribution in [0.15, 0.2) is 40.9 Å². The monoisotopic (exact) mass is 471 g/mol. The molecule has 0 aliphatic carbocycles. The number of nitrogens with one attached hydrogen (secondary N) is 1. The standard InChI is InChI=1S/C23H23BrClN3O/c1-13-6-7-17-16(8-9-20(29-2)23(17)27-13)21-15(5-3-4-10-26)18-11-14(24)12-19(25)22(18)28-21/h6-9,11-12,28H,3-5,10,26H2,1-2H3. The fourth-order valence-corrected chi connectivity index (χ4v) is 4.74. The lowest BCUT2D eigenvalue weighted by atomic mass is 9.97. The van der Waals surface area contributed by atoms with Gasteiger partial charge >= 0.3 is 0 Å². The van der Waals surface area contributed by atoms with Crippen molar-refractivity contribution in [2.24, 2.45) is 5.73 Å². The average Bonchev–Trinajstić information content (AvgIpc) is 3.06. The molecular weight excluding hydrogens is 450 g/mol. The summed E-state index contributed by atoms with van der Waals surface area (Å²) in [5.41, 5.74) is 11.9. The molecule has 150 valence electrons. The minimum absolute atomic E-state index is 0.691. The highest BCUT2D eigenvalue weighted by Gasteiger charge is 2.19. The molecule has 0 atom stereocenters. The second-order valence-electron chi connectivity index (χ2n) is 7.20. The lowest BCUT2D eigenvalue weighted by Crippen LogP contribution is -1.99. The van der Waals surface area contributed by atoms with Crippen molar-refractivity contribution in [3.63, 3.8) is 0 Å². The Morgan fingerprint density at radius 3 is 2.72 bits per heavy atom. The third-order valence-corrected chi connectivity index (χ3v) is 6.02. The van der Waals surface area contributed by atoms with Crippen LogP contribution in [0.1, 0.15) is 24.1 Å². The number of hydrogen-bond donors (Lipinski definition) is 2. The summed E-state index contributed by atoms with van der Waals surface area (Å²) in [5.74, 6) is 0.772. The van der Waals surface area contributed by atoms with Crippen molar-refractivity contribution >= 4 is 49.3 Å². The van der Waals surface area contributed by atoms with Crippen molar-refractivity contribution < 1.29 is 4.74 Å². The molecule has 0 radical (unpaired) electrons. The molecule has 3 N–H and O–H groups in total. The topological polar surface area (TPSA) is 63.9 Å². The molecule has 6 heteroatoms. The van der Waals surface area contributed by atoms with Gasteiger partial charge in [-0.3, -0.25) is 0 Å². The number of nitrogens with zero attached hydrogens (tertiary/aromatic N) is 1. The summed E-state index contributed by atoms with van der Waals surface area (Å²) in [5, 5.41) is 2.89. The number of aromatic amines is 1. The Bertz CT molecular complexity index is 1200. The number of hydrogen-bond acceptors (Lipinski definition) is 3. The van der Waals surface area contributed by atoms with Crippen molar-refractivity contribution in [1.82, 2.24) is 9.97 Å². The quantitative estimate of drug-likeness (QED) is 0.319. The van der Waals surface area contributed by atoms with Gasteiger partial charge in [-0.1, -0.05) is 33.6 Å². The third kappa shape index (κ3) is 3.75. The van der Waals surface area contributed by atoms with Crippen LogP contribution in [0.2, 0.25) is 5.02 Å². The molecule has 0 amide bonds. The van der Waals surface area contributed by atoms with E-state index in [4.69, 9.17) is 27.1 Å². The third-order valence-electron chi connectivity index (χ3n) is 5.26. The molecule has 2 aromatic carbocycles. The summed E-state index contributed by atoms with van der Waals surface area (Å²) >= 11 is 10.2. The molecular formula is C23H23BrClN3O. The zero-order valence-corrected chi connectivity index (χ0v) is 18.8. The van der Waals surface area contributed by atoms with Gasteiger partial charge in [0.2, 0.25) is 0 Å². The summed E-state index contributed by atoms with van der Waals surface area (Å²) in [4.78, 5) is 8.33. The normalized spacial score (nSPS) is 11.5. The molecule has 2 aromatic heterocycles. The van der Waals surface area contributed by atoms with Crippen molar-refractivity contribution in [2.75, 3.05) is 13.7 Å². The van der Waals surface area contributed by atoms with Crippen molar-refractivity contribution in [3.05, 3.63) is 57.2 Å². The van der Waals surface area contributed by atoms with E-state index in [2.05, 4.69) is 39.1 Å². The average molecular weight is 473 g/mol. The van der Waals surface area contributed by atoms with Crippen LogP contribution in [-0.4, -0.2) is 23.6 Å². The van der Waals surface area contributed by atoms with Gasteiger partial charge < -0.3 is 15.5 Å². The minimum atomic E-state index is 0.691. The van der Waals surface area contributed by atoms with E-state index in [-0.39, 0.29) is 0 Å². The molecule has 0 aliphatic rings. The predicted molar refractivity (Wildman–Crippen MR) is 125 cm³/mol. The van der Waals surface area contributed by atoms with Crippen LogP contribution >= 0.6 is 27.5 Å². The lowest BCUT2D eigenvalue weighted by molar-refractivity contribution is 0.419. The smallest absolute Gasteiger partial charge is 0.145 e. The van der Waals surface area contributed by atoms with Gasteiger partial charge in [0.05, 0.1) is 23.3 Å². The first kappa shape index (κ1) is 20.2. The summed E-state index contributed by atoms with van der Waals surface area (Å²) in [7, 11) is 1.68. The number of aryl methyl sites for hydroxylation is 2. The Balaban J connectivity index is 2.00. The van der Waals surface area contributed by atoms with E-state index in [1.165, 1.54) is 5.56 Å². The number of nitrogens with two attached hydrogens (primary N) is 1. The van der Waals surface area contributed by atoms with Gasteiger partial charge in [0.15, 0.2) is 0 Å². The van der Waals surface area contributed by atoms with Crippen LogP contribution in [-0.2, 0) is 6.42 Å². The van der Waals surface area contributed by atoms with Crippen molar-refractivity contribution in [2.45, 2.75) is 26.2 Å². The van der Waals surface area contributed by atoms with Gasteiger partial charge in [-0.25, -0.2) is 4.98 Å². The SMILES string of the molecule is COc1ccc(-c2[nH]c3c(Cl)cc(Br)cc3c2CCCCN)c2ccc(C)nc12. The molecule has 0 fully saturated rings. The van der Waals surface area contributed by atoms with E-state index in [0.29, 0.717) is 11.6 Å². The minimum Gasteiger partial charge on any atom is -0.494 e. The Kier molecular flexibility index (Phi) is 5.81. The maximum absolute atomic E-state index is 6.57. The van der Waals surface area contributed by atoms with Crippen LogP contribution in [0.5, 0.6) is 5.75 Å². The van der Waals surface area contributed by atoms with E-state index in [1.54, 1.807) is 7.11 Å². The first-order chi connectivity index (χ1) is 14.0. The van der Waals surface area contributed by atoms with Crippen LogP contribution in [0.3, 0.4) is 0 Å².